The van der Waals surface area contributed by atoms with E-state index >= 15 is 0 Å². The first-order valence-electron chi connectivity index (χ1n) is 13.8. The normalized spacial score (nSPS) is 16.4. The van der Waals surface area contributed by atoms with Crippen LogP contribution in [0.5, 0.6) is 11.5 Å². The quantitative estimate of drug-likeness (QED) is 0.286. The van der Waals surface area contributed by atoms with Crippen molar-refractivity contribution in [3.63, 3.8) is 0 Å². The van der Waals surface area contributed by atoms with Crippen molar-refractivity contribution in [1.82, 2.24) is 9.80 Å². The molecule has 7 nitrogen and oxygen atoms in total. The molecule has 3 aromatic rings. The summed E-state index contributed by atoms with van der Waals surface area (Å²) in [7, 11) is 0. The third kappa shape index (κ3) is 7.68. The van der Waals surface area contributed by atoms with Gasteiger partial charge in [-0.15, -0.1) is 0 Å². The number of hydrogen-bond acceptors (Lipinski definition) is 4. The molecule has 0 aromatic heterocycles. The molecular weight excluding hydrogens is 547 g/mol. The lowest BCUT2D eigenvalue weighted by Gasteiger charge is -2.40. The minimum atomic E-state index is -0.348. The third-order valence-corrected chi connectivity index (χ3v) is 8.02. The number of amides is 3. The number of nitrogens with zero attached hydrogens (tertiary/aromatic N) is 2. The molecule has 9 heteroatoms. The lowest BCUT2D eigenvalue weighted by molar-refractivity contribution is -0.117. The number of para-hydroxylation sites is 1. The molecule has 0 unspecified atom stereocenters. The van der Waals surface area contributed by atoms with Crippen molar-refractivity contribution in [2.45, 2.75) is 50.6 Å². The molecule has 40 heavy (non-hydrogen) atoms. The van der Waals surface area contributed by atoms with Crippen LogP contribution in [0.25, 0.3) is 0 Å². The zero-order chi connectivity index (χ0) is 27.9. The molecule has 5 rings (SSSR count). The number of anilines is 2. The van der Waals surface area contributed by atoms with Gasteiger partial charge in [-0.05, 0) is 80.3 Å². The van der Waals surface area contributed by atoms with Gasteiger partial charge in [-0.2, -0.15) is 0 Å². The van der Waals surface area contributed by atoms with Crippen molar-refractivity contribution in [2.75, 3.05) is 30.3 Å². The summed E-state index contributed by atoms with van der Waals surface area (Å²) in [4.78, 5) is 30.9. The van der Waals surface area contributed by atoms with Crippen molar-refractivity contribution < 1.29 is 14.3 Å². The predicted molar refractivity (Wildman–Crippen MR) is 161 cm³/mol. The Hall–Kier alpha value is -3.26. The van der Waals surface area contributed by atoms with E-state index in [1.807, 2.05) is 30.3 Å². The highest BCUT2D eigenvalue weighted by Crippen LogP contribution is 2.29. The molecule has 2 aliphatic rings. The predicted octanol–water partition coefficient (Wildman–Crippen LogP) is 7.67. The molecular formula is C31H34Cl2N4O3. The van der Waals surface area contributed by atoms with Crippen LogP contribution in [-0.4, -0.2) is 53.5 Å². The summed E-state index contributed by atoms with van der Waals surface area (Å²) >= 11 is 12.3. The topological polar surface area (TPSA) is 73.9 Å². The van der Waals surface area contributed by atoms with Crippen molar-refractivity contribution in [3.05, 3.63) is 82.8 Å². The molecule has 1 saturated carbocycles. The van der Waals surface area contributed by atoms with Crippen LogP contribution in [0.2, 0.25) is 10.0 Å². The largest absolute Gasteiger partial charge is 0.457 e. The van der Waals surface area contributed by atoms with Crippen molar-refractivity contribution in [3.8, 4) is 11.5 Å². The van der Waals surface area contributed by atoms with E-state index < -0.39 is 0 Å². The Labute approximate surface area is 245 Å². The highest BCUT2D eigenvalue weighted by Gasteiger charge is 2.32. The van der Waals surface area contributed by atoms with Gasteiger partial charge in [-0.3, -0.25) is 4.79 Å². The van der Waals surface area contributed by atoms with Crippen LogP contribution >= 0.6 is 23.2 Å². The fourth-order valence-electron chi connectivity index (χ4n) is 5.61. The first-order valence-corrected chi connectivity index (χ1v) is 14.6. The van der Waals surface area contributed by atoms with Crippen LogP contribution in [0.4, 0.5) is 16.2 Å². The zero-order valence-electron chi connectivity index (χ0n) is 22.3. The Morgan fingerprint density at radius 1 is 0.800 bits per heavy atom. The van der Waals surface area contributed by atoms with Gasteiger partial charge in [0.1, 0.15) is 18.0 Å². The fourth-order valence-corrected chi connectivity index (χ4v) is 6.13. The third-order valence-electron chi connectivity index (χ3n) is 7.59. The number of piperidine rings is 1. The number of rotatable bonds is 8. The number of hydrogen-bond donors (Lipinski definition) is 2. The summed E-state index contributed by atoms with van der Waals surface area (Å²) in [5.41, 5.74) is 1.12. The van der Waals surface area contributed by atoms with Gasteiger partial charge in [0, 0.05) is 46.6 Å². The average Bonchev–Trinajstić information content (AvgIpc) is 3.48. The van der Waals surface area contributed by atoms with Crippen LogP contribution in [0.15, 0.2) is 72.8 Å². The van der Waals surface area contributed by atoms with Gasteiger partial charge < -0.3 is 25.2 Å². The maximum atomic E-state index is 13.5. The van der Waals surface area contributed by atoms with E-state index in [1.165, 1.54) is 25.7 Å². The van der Waals surface area contributed by atoms with Crippen molar-refractivity contribution >= 4 is 46.5 Å². The van der Waals surface area contributed by atoms with Gasteiger partial charge in [0.2, 0.25) is 5.91 Å². The molecule has 1 aliphatic heterocycles. The number of nitrogens with one attached hydrogen (secondary N) is 2. The van der Waals surface area contributed by atoms with E-state index in [-0.39, 0.29) is 24.5 Å². The molecule has 3 aromatic carbocycles. The van der Waals surface area contributed by atoms with Gasteiger partial charge in [0.05, 0.1) is 0 Å². The standard InChI is InChI=1S/C31H34Cl2N4O3/c32-22-18-23(33)20-25(19-22)35-31(39)37(27-14-16-36(17-15-27)26-6-4-5-7-26)21-30(38)34-24-10-12-29(13-11-24)40-28-8-2-1-3-9-28/h1-3,8-13,18-20,26-27H,4-7,14-17,21H2,(H,34,38)(H,35,39). The second-order valence-corrected chi connectivity index (χ2v) is 11.3. The maximum absolute atomic E-state index is 13.5. The lowest BCUT2D eigenvalue weighted by atomic mass is 10.0. The molecule has 1 aliphatic carbocycles. The summed E-state index contributed by atoms with van der Waals surface area (Å²) in [6, 6.07) is 21.8. The molecule has 1 saturated heterocycles. The molecule has 0 radical (unpaired) electrons. The Morgan fingerprint density at radius 3 is 2.08 bits per heavy atom. The second kappa shape index (κ2) is 13.4. The Bertz CT molecular complexity index is 1270. The van der Waals surface area contributed by atoms with Gasteiger partial charge in [0.25, 0.3) is 0 Å². The zero-order valence-corrected chi connectivity index (χ0v) is 23.8. The smallest absolute Gasteiger partial charge is 0.322 e. The number of benzene rings is 3. The maximum Gasteiger partial charge on any atom is 0.322 e. The molecule has 0 spiro atoms. The second-order valence-electron chi connectivity index (χ2n) is 10.4. The minimum Gasteiger partial charge on any atom is -0.457 e. The first kappa shape index (κ1) is 28.3. The number of likely N-dealkylation sites (tertiary alicyclic amines) is 1. The van der Waals surface area contributed by atoms with Gasteiger partial charge in [-0.25, -0.2) is 4.79 Å². The average molecular weight is 582 g/mol. The van der Waals surface area contributed by atoms with E-state index in [1.54, 1.807) is 47.4 Å². The summed E-state index contributed by atoms with van der Waals surface area (Å²) in [5, 5.41) is 6.67. The van der Waals surface area contributed by atoms with Crippen LogP contribution in [-0.2, 0) is 4.79 Å². The fraction of sp³-hybridized carbons (Fsp3) is 0.355. The molecule has 1 heterocycles. The van der Waals surface area contributed by atoms with Gasteiger partial charge in [0.15, 0.2) is 0 Å². The molecule has 2 fully saturated rings. The van der Waals surface area contributed by atoms with Gasteiger partial charge in [-0.1, -0.05) is 54.2 Å². The van der Waals surface area contributed by atoms with Crippen LogP contribution < -0.4 is 15.4 Å². The number of halogens is 2. The van der Waals surface area contributed by atoms with Crippen molar-refractivity contribution in [1.29, 1.82) is 0 Å². The highest BCUT2D eigenvalue weighted by atomic mass is 35.5. The Morgan fingerprint density at radius 2 is 1.43 bits per heavy atom. The minimum absolute atomic E-state index is 0.0558. The van der Waals surface area contributed by atoms with Crippen LogP contribution in [0, 0.1) is 0 Å². The summed E-state index contributed by atoms with van der Waals surface area (Å²) in [6.45, 7) is 1.77. The van der Waals surface area contributed by atoms with E-state index in [0.717, 1.165) is 31.7 Å². The van der Waals surface area contributed by atoms with Crippen LogP contribution in [0.3, 0.4) is 0 Å². The molecule has 3 amide bonds. The SMILES string of the molecule is O=C(CN(C(=O)Nc1cc(Cl)cc(Cl)c1)C1CCN(C2CCCC2)CC1)Nc1ccc(Oc2ccccc2)cc1. The monoisotopic (exact) mass is 580 g/mol. The van der Waals surface area contributed by atoms with E-state index in [9.17, 15) is 9.59 Å². The summed E-state index contributed by atoms with van der Waals surface area (Å²) in [6.07, 6.45) is 6.73. The van der Waals surface area contributed by atoms with Crippen molar-refractivity contribution in [2.24, 2.45) is 0 Å². The number of ether oxygens (including phenoxy) is 1. The Kier molecular flexibility index (Phi) is 9.47. The highest BCUT2D eigenvalue weighted by molar-refractivity contribution is 6.35. The van der Waals surface area contributed by atoms with E-state index in [4.69, 9.17) is 27.9 Å². The summed E-state index contributed by atoms with van der Waals surface area (Å²) in [5.74, 6) is 1.13. The number of carbonyl (C=O) groups excluding carboxylic acids is 2. The number of urea groups is 1. The number of carbonyl (C=O) groups is 2. The summed E-state index contributed by atoms with van der Waals surface area (Å²) < 4.78 is 5.84. The molecule has 2 N–H and O–H groups in total. The lowest BCUT2D eigenvalue weighted by Crippen LogP contribution is -2.52. The first-order chi connectivity index (χ1) is 19.4. The van der Waals surface area contributed by atoms with E-state index in [2.05, 4.69) is 15.5 Å². The Balaban J connectivity index is 1.24. The van der Waals surface area contributed by atoms with E-state index in [0.29, 0.717) is 33.2 Å². The molecule has 210 valence electrons. The molecule has 0 bridgehead atoms. The van der Waals surface area contributed by atoms with Gasteiger partial charge >= 0.3 is 6.03 Å². The van der Waals surface area contributed by atoms with Crippen LogP contribution in [0.1, 0.15) is 38.5 Å². The molecule has 0 atom stereocenters.